The molecule has 1 unspecified atom stereocenters. The lowest BCUT2D eigenvalue weighted by molar-refractivity contribution is 0.529. The van der Waals surface area contributed by atoms with Crippen LogP contribution in [0.3, 0.4) is 0 Å². The topological polar surface area (TPSA) is 3.24 Å². The zero-order valence-electron chi connectivity index (χ0n) is 19.9. The molecule has 0 fully saturated rings. The molecule has 0 saturated carbocycles. The van der Waals surface area contributed by atoms with Gasteiger partial charge in [0.25, 0.3) is 0 Å². The van der Waals surface area contributed by atoms with Crippen molar-refractivity contribution in [2.75, 3.05) is 14.1 Å². The molecule has 1 atom stereocenters. The van der Waals surface area contributed by atoms with Crippen LogP contribution in [0.2, 0.25) is 0 Å². The summed E-state index contributed by atoms with van der Waals surface area (Å²) in [5.41, 5.74) is 4.64. The molecular formula is C29H41N. The minimum absolute atomic E-state index is 0.515. The normalized spacial score (nSPS) is 23.6. The van der Waals surface area contributed by atoms with Gasteiger partial charge in [-0.25, -0.2) is 0 Å². The molecule has 0 N–H and O–H groups in total. The molecule has 1 aliphatic carbocycles. The van der Waals surface area contributed by atoms with Crippen molar-refractivity contribution in [2.24, 2.45) is 11.8 Å². The van der Waals surface area contributed by atoms with Gasteiger partial charge in [-0.1, -0.05) is 99.8 Å². The third-order valence-electron chi connectivity index (χ3n) is 4.73. The first-order chi connectivity index (χ1) is 14.3. The maximum atomic E-state index is 4.35. The maximum absolute atomic E-state index is 4.35. The maximum Gasteiger partial charge on any atom is 0.0363 e. The lowest BCUT2D eigenvalue weighted by atomic mass is 10.0. The van der Waals surface area contributed by atoms with Gasteiger partial charge >= 0.3 is 0 Å². The van der Waals surface area contributed by atoms with Gasteiger partial charge in [-0.3, -0.25) is 0 Å². The standard InChI is InChI=1S/C29H41N/c1-24(2)22-26(4)20-21-27(5)28-18-14-12-10-8-9-11-13-16-25(3)17-15-19-29(23-28)30(6)7/h9-13,15-16,18-25H,5,8,14,17H2,1-4,6-7H3/b11-9-,12-10-,16-13-,19-15+,21-20-,26-22+,28-18?,29-23?. The summed E-state index contributed by atoms with van der Waals surface area (Å²) < 4.78 is 0. The molecule has 0 bridgehead atoms. The summed E-state index contributed by atoms with van der Waals surface area (Å²) >= 11 is 0. The van der Waals surface area contributed by atoms with E-state index in [0.717, 1.165) is 30.4 Å². The first-order valence-corrected chi connectivity index (χ1v) is 11.1. The molecule has 30 heavy (non-hydrogen) atoms. The molecule has 0 aromatic carbocycles. The van der Waals surface area contributed by atoms with E-state index in [1.807, 2.05) is 0 Å². The Labute approximate surface area is 186 Å². The summed E-state index contributed by atoms with van der Waals surface area (Å²) in [5, 5.41) is 0. The Morgan fingerprint density at radius 1 is 1.07 bits per heavy atom. The molecule has 1 aliphatic rings. The summed E-state index contributed by atoms with van der Waals surface area (Å²) in [6.45, 7) is 13.2. The first-order valence-electron chi connectivity index (χ1n) is 11.1. The van der Waals surface area contributed by atoms with E-state index in [4.69, 9.17) is 0 Å². The van der Waals surface area contributed by atoms with Crippen molar-refractivity contribution in [2.45, 2.75) is 47.0 Å². The molecule has 0 aliphatic heterocycles. The van der Waals surface area contributed by atoms with Crippen LogP contribution in [0.4, 0.5) is 0 Å². The summed E-state index contributed by atoms with van der Waals surface area (Å²) in [7, 11) is 4.18. The monoisotopic (exact) mass is 403 g/mol. The number of hydrogen-bond acceptors (Lipinski definition) is 1. The van der Waals surface area contributed by atoms with Gasteiger partial charge in [-0.15, -0.1) is 0 Å². The second-order valence-electron chi connectivity index (χ2n) is 8.51. The van der Waals surface area contributed by atoms with E-state index in [1.165, 1.54) is 11.3 Å². The van der Waals surface area contributed by atoms with Crippen LogP contribution in [0.25, 0.3) is 0 Å². The van der Waals surface area contributed by atoms with E-state index in [0.29, 0.717) is 11.8 Å². The number of hydrogen-bond donors (Lipinski definition) is 0. The zero-order valence-corrected chi connectivity index (χ0v) is 19.9. The van der Waals surface area contributed by atoms with Gasteiger partial charge in [-0.05, 0) is 61.3 Å². The smallest absolute Gasteiger partial charge is 0.0363 e. The highest BCUT2D eigenvalue weighted by Gasteiger charge is 2.02. The third-order valence-corrected chi connectivity index (χ3v) is 4.73. The second-order valence-corrected chi connectivity index (χ2v) is 8.51. The minimum Gasteiger partial charge on any atom is -0.378 e. The van der Waals surface area contributed by atoms with Crippen molar-refractivity contribution in [3.05, 3.63) is 108 Å². The molecule has 0 amide bonds. The van der Waals surface area contributed by atoms with Gasteiger partial charge in [0.2, 0.25) is 0 Å². The molecule has 1 nitrogen and oxygen atoms in total. The van der Waals surface area contributed by atoms with Crippen LogP contribution in [0, 0.1) is 11.8 Å². The summed E-state index contributed by atoms with van der Waals surface area (Å²) in [4.78, 5) is 2.16. The van der Waals surface area contributed by atoms with E-state index < -0.39 is 0 Å². The summed E-state index contributed by atoms with van der Waals surface area (Å²) in [5.74, 6) is 1.06. The molecule has 0 aromatic heterocycles. The Morgan fingerprint density at radius 2 is 1.80 bits per heavy atom. The Balaban J connectivity index is 3.22. The van der Waals surface area contributed by atoms with Crippen molar-refractivity contribution in [1.82, 2.24) is 4.90 Å². The lowest BCUT2D eigenvalue weighted by Gasteiger charge is -2.16. The van der Waals surface area contributed by atoms with Crippen molar-refractivity contribution < 1.29 is 0 Å². The molecule has 1 rings (SSSR count). The molecule has 0 radical (unpaired) electrons. The third kappa shape index (κ3) is 11.5. The molecule has 0 heterocycles. The van der Waals surface area contributed by atoms with Crippen molar-refractivity contribution in [3.8, 4) is 0 Å². The average molecular weight is 404 g/mol. The van der Waals surface area contributed by atoms with Gasteiger partial charge < -0.3 is 4.90 Å². The molecule has 0 spiro atoms. The zero-order chi connectivity index (χ0) is 22.4. The van der Waals surface area contributed by atoms with Crippen LogP contribution < -0.4 is 0 Å². The van der Waals surface area contributed by atoms with E-state index in [9.17, 15) is 0 Å². The predicted octanol–water partition coefficient (Wildman–Crippen LogP) is 8.12. The van der Waals surface area contributed by atoms with Gasteiger partial charge in [0.15, 0.2) is 0 Å². The molecule has 0 aromatic rings. The molecule has 1 heteroatoms. The van der Waals surface area contributed by atoms with Crippen LogP contribution in [0.15, 0.2) is 108 Å². The van der Waals surface area contributed by atoms with Crippen LogP contribution in [-0.2, 0) is 0 Å². The Kier molecular flexibility index (Phi) is 12.3. The number of nitrogens with zero attached hydrogens (tertiary/aromatic N) is 1. The van der Waals surface area contributed by atoms with Crippen molar-refractivity contribution in [3.63, 3.8) is 0 Å². The second kappa shape index (κ2) is 14.4. The van der Waals surface area contributed by atoms with Crippen LogP contribution in [-0.4, -0.2) is 19.0 Å². The van der Waals surface area contributed by atoms with Crippen molar-refractivity contribution in [1.29, 1.82) is 0 Å². The van der Waals surface area contributed by atoms with E-state index in [1.54, 1.807) is 0 Å². The number of rotatable bonds is 5. The highest BCUT2D eigenvalue weighted by molar-refractivity contribution is 5.48. The fraction of sp³-hybridized carbons (Fsp3) is 0.379. The SMILES string of the molecule is C=C(/C=C\C(C)=C\C(C)C)C1=CC/C=C\C/C=C\C=C/C(C)C/C=C/C(N(C)C)=C1. The highest BCUT2D eigenvalue weighted by atomic mass is 15.1. The van der Waals surface area contributed by atoms with E-state index in [-0.39, 0.29) is 0 Å². The molecular weight excluding hydrogens is 362 g/mol. The van der Waals surface area contributed by atoms with Gasteiger partial charge in [0, 0.05) is 19.8 Å². The molecule has 162 valence electrons. The van der Waals surface area contributed by atoms with Gasteiger partial charge in [0.05, 0.1) is 0 Å². The Morgan fingerprint density at radius 3 is 2.50 bits per heavy atom. The number of allylic oxidation sites excluding steroid dienone is 16. The fourth-order valence-electron chi connectivity index (χ4n) is 3.04. The van der Waals surface area contributed by atoms with E-state index in [2.05, 4.69) is 132 Å². The first kappa shape index (κ1) is 25.5. The van der Waals surface area contributed by atoms with Gasteiger partial charge in [0.1, 0.15) is 0 Å². The Hall–Kier alpha value is -2.54. The highest BCUT2D eigenvalue weighted by Crippen LogP contribution is 2.18. The molecule has 0 saturated heterocycles. The largest absolute Gasteiger partial charge is 0.378 e. The summed E-state index contributed by atoms with van der Waals surface area (Å²) in [6.07, 6.45) is 31.6. The predicted molar refractivity (Wildman–Crippen MR) is 136 cm³/mol. The Bertz CT molecular complexity index is 773. The lowest BCUT2D eigenvalue weighted by Crippen LogP contribution is -2.09. The minimum atomic E-state index is 0.515. The van der Waals surface area contributed by atoms with Gasteiger partial charge in [-0.2, -0.15) is 0 Å². The van der Waals surface area contributed by atoms with E-state index >= 15 is 0 Å². The fourth-order valence-corrected chi connectivity index (χ4v) is 3.04. The summed E-state index contributed by atoms with van der Waals surface area (Å²) in [6, 6.07) is 0. The van der Waals surface area contributed by atoms with Crippen LogP contribution >= 0.6 is 0 Å². The quantitative estimate of drug-likeness (QED) is 0.331. The van der Waals surface area contributed by atoms with Crippen LogP contribution in [0.5, 0.6) is 0 Å². The average Bonchev–Trinajstić information content (AvgIpc) is 2.67. The number of likely N-dealkylation sites (N-methyl/N-ethyl adjacent to an activating group) is 1. The van der Waals surface area contributed by atoms with Crippen molar-refractivity contribution >= 4 is 0 Å². The van der Waals surface area contributed by atoms with Crippen LogP contribution in [0.1, 0.15) is 47.0 Å².